The van der Waals surface area contributed by atoms with Gasteiger partial charge in [0.05, 0.1) is 41.1 Å². The van der Waals surface area contributed by atoms with E-state index in [1.807, 2.05) is 0 Å². The number of anilines is 1. The van der Waals surface area contributed by atoms with Crippen LogP contribution >= 0.6 is 11.6 Å². The standard InChI is InChI=1S/C25H23ClF3N3O5S/c1-16(17-9-12-22(36-2)23(13-17)37-3)30-31-24(33)15-32(38(34,35)19-7-5-4-6-8-19)18-10-11-21(26)20(14-18)25(27,28)29/h4-14H,15H2,1-3H3,(H,31,33)/b30-16-. The quantitative estimate of drug-likeness (QED) is 0.285. The number of nitrogens with one attached hydrogen (secondary N) is 1. The fraction of sp³-hybridized carbons (Fsp3) is 0.200. The number of rotatable bonds is 9. The van der Waals surface area contributed by atoms with E-state index in [1.54, 1.807) is 31.2 Å². The summed E-state index contributed by atoms with van der Waals surface area (Å²) in [4.78, 5) is 12.6. The Kier molecular flexibility index (Phi) is 8.89. The zero-order valence-corrected chi connectivity index (χ0v) is 22.0. The molecule has 0 heterocycles. The summed E-state index contributed by atoms with van der Waals surface area (Å²) in [5, 5.41) is 3.38. The van der Waals surface area contributed by atoms with Crippen molar-refractivity contribution in [3.8, 4) is 11.5 Å². The van der Waals surface area contributed by atoms with E-state index in [-0.39, 0.29) is 4.90 Å². The number of carbonyl (C=O) groups excluding carboxylic acids is 1. The van der Waals surface area contributed by atoms with Gasteiger partial charge in [0.25, 0.3) is 15.9 Å². The monoisotopic (exact) mass is 569 g/mol. The van der Waals surface area contributed by atoms with Crippen LogP contribution in [0.25, 0.3) is 0 Å². The molecule has 13 heteroatoms. The fourth-order valence-electron chi connectivity index (χ4n) is 3.36. The molecule has 0 atom stereocenters. The first kappa shape index (κ1) is 28.8. The molecule has 0 fully saturated rings. The predicted octanol–water partition coefficient (Wildman–Crippen LogP) is 5.11. The van der Waals surface area contributed by atoms with Crippen LogP contribution in [0.3, 0.4) is 0 Å². The van der Waals surface area contributed by atoms with Crippen LogP contribution in [0.5, 0.6) is 11.5 Å². The molecule has 3 aromatic rings. The second kappa shape index (κ2) is 11.7. The van der Waals surface area contributed by atoms with Crippen molar-refractivity contribution >= 4 is 38.9 Å². The van der Waals surface area contributed by atoms with Crippen LogP contribution in [0.2, 0.25) is 5.02 Å². The topological polar surface area (TPSA) is 97.3 Å². The Labute approximate surface area is 222 Å². The van der Waals surface area contributed by atoms with E-state index in [0.717, 1.165) is 12.1 Å². The van der Waals surface area contributed by atoms with Gasteiger partial charge >= 0.3 is 6.18 Å². The summed E-state index contributed by atoms with van der Waals surface area (Å²) in [5.41, 5.74) is 1.53. The van der Waals surface area contributed by atoms with Crippen molar-refractivity contribution in [3.05, 3.63) is 82.9 Å². The van der Waals surface area contributed by atoms with Gasteiger partial charge in [-0.1, -0.05) is 29.8 Å². The van der Waals surface area contributed by atoms with E-state index in [2.05, 4.69) is 10.5 Å². The summed E-state index contributed by atoms with van der Waals surface area (Å²) in [6.07, 6.45) is -4.85. The number of alkyl halides is 3. The van der Waals surface area contributed by atoms with Gasteiger partial charge in [-0.25, -0.2) is 13.8 Å². The number of hydrogen-bond donors (Lipinski definition) is 1. The van der Waals surface area contributed by atoms with E-state index in [0.29, 0.717) is 33.1 Å². The largest absolute Gasteiger partial charge is 0.493 e. The molecule has 1 N–H and O–H groups in total. The van der Waals surface area contributed by atoms with Crippen molar-refractivity contribution in [2.75, 3.05) is 25.1 Å². The summed E-state index contributed by atoms with van der Waals surface area (Å²) in [6, 6.07) is 14.5. The molecule has 0 aliphatic carbocycles. The zero-order valence-electron chi connectivity index (χ0n) is 20.4. The number of hydrogen-bond acceptors (Lipinski definition) is 6. The van der Waals surface area contributed by atoms with E-state index in [4.69, 9.17) is 21.1 Å². The maximum absolute atomic E-state index is 13.5. The van der Waals surface area contributed by atoms with Crippen LogP contribution in [-0.4, -0.2) is 40.8 Å². The number of amides is 1. The first-order valence-electron chi connectivity index (χ1n) is 10.9. The Morgan fingerprint density at radius 3 is 2.26 bits per heavy atom. The van der Waals surface area contributed by atoms with Gasteiger partial charge in [-0.15, -0.1) is 0 Å². The molecule has 202 valence electrons. The highest BCUT2D eigenvalue weighted by molar-refractivity contribution is 7.92. The number of halogens is 4. The minimum Gasteiger partial charge on any atom is -0.493 e. The molecule has 0 aliphatic heterocycles. The lowest BCUT2D eigenvalue weighted by Gasteiger charge is -2.25. The van der Waals surface area contributed by atoms with Gasteiger partial charge in [-0.05, 0) is 55.5 Å². The first-order valence-corrected chi connectivity index (χ1v) is 12.7. The molecule has 0 aromatic heterocycles. The van der Waals surface area contributed by atoms with Gasteiger partial charge in [0, 0.05) is 5.56 Å². The molecule has 3 aromatic carbocycles. The molecule has 0 aliphatic rings. The lowest BCUT2D eigenvalue weighted by molar-refractivity contribution is -0.137. The molecule has 0 saturated heterocycles. The number of hydrazone groups is 1. The van der Waals surface area contributed by atoms with E-state index >= 15 is 0 Å². The highest BCUT2D eigenvalue weighted by Crippen LogP contribution is 2.38. The fourth-order valence-corrected chi connectivity index (χ4v) is 5.02. The Bertz CT molecular complexity index is 1450. The van der Waals surface area contributed by atoms with Gasteiger partial charge in [-0.3, -0.25) is 9.10 Å². The molecule has 38 heavy (non-hydrogen) atoms. The molecular formula is C25H23ClF3N3O5S. The van der Waals surface area contributed by atoms with Crippen molar-refractivity contribution in [1.29, 1.82) is 0 Å². The van der Waals surface area contributed by atoms with E-state index in [1.165, 1.54) is 38.5 Å². The smallest absolute Gasteiger partial charge is 0.417 e. The van der Waals surface area contributed by atoms with Crippen LogP contribution in [0.1, 0.15) is 18.1 Å². The van der Waals surface area contributed by atoms with Crippen LogP contribution in [-0.2, 0) is 21.0 Å². The third kappa shape index (κ3) is 6.56. The molecular weight excluding hydrogens is 547 g/mol. The molecule has 0 unspecified atom stereocenters. The van der Waals surface area contributed by atoms with Crippen LogP contribution in [0.15, 0.2) is 76.7 Å². The Hall–Kier alpha value is -3.77. The van der Waals surface area contributed by atoms with Crippen molar-refractivity contribution in [2.45, 2.75) is 18.0 Å². The minimum absolute atomic E-state index is 0.221. The highest BCUT2D eigenvalue weighted by atomic mass is 35.5. The second-order valence-electron chi connectivity index (χ2n) is 7.79. The molecule has 0 saturated carbocycles. The number of ether oxygens (including phenoxy) is 2. The van der Waals surface area contributed by atoms with Crippen LogP contribution in [0, 0.1) is 0 Å². The van der Waals surface area contributed by atoms with Gasteiger partial charge < -0.3 is 9.47 Å². The average Bonchev–Trinajstić information content (AvgIpc) is 2.90. The Morgan fingerprint density at radius 2 is 1.66 bits per heavy atom. The third-order valence-corrected chi connectivity index (χ3v) is 7.43. The van der Waals surface area contributed by atoms with Crippen molar-refractivity contribution in [3.63, 3.8) is 0 Å². The number of carbonyl (C=O) groups is 1. The van der Waals surface area contributed by atoms with Crippen molar-refractivity contribution in [2.24, 2.45) is 5.10 Å². The maximum atomic E-state index is 13.5. The molecule has 3 rings (SSSR count). The van der Waals surface area contributed by atoms with E-state index in [9.17, 15) is 26.4 Å². The lowest BCUT2D eigenvalue weighted by Crippen LogP contribution is -2.40. The third-order valence-electron chi connectivity index (χ3n) is 5.31. The molecule has 0 spiro atoms. The Morgan fingerprint density at radius 1 is 1.00 bits per heavy atom. The van der Waals surface area contributed by atoms with Gasteiger partial charge in [0.2, 0.25) is 0 Å². The van der Waals surface area contributed by atoms with Crippen LogP contribution in [0.4, 0.5) is 18.9 Å². The summed E-state index contributed by atoms with van der Waals surface area (Å²) in [5.74, 6) is 0.0121. The SMILES string of the molecule is COc1ccc(/C(C)=N\NC(=O)CN(c2ccc(Cl)c(C(F)(F)F)c2)S(=O)(=O)c2ccccc2)cc1OC. The number of benzene rings is 3. The first-order chi connectivity index (χ1) is 17.9. The van der Waals surface area contributed by atoms with Crippen LogP contribution < -0.4 is 19.2 Å². The summed E-state index contributed by atoms with van der Waals surface area (Å²) in [7, 11) is -1.51. The zero-order chi connectivity index (χ0) is 28.1. The highest BCUT2D eigenvalue weighted by Gasteiger charge is 2.35. The number of methoxy groups -OCH3 is 2. The summed E-state index contributed by atoms with van der Waals surface area (Å²) >= 11 is 5.70. The summed E-state index contributed by atoms with van der Waals surface area (Å²) in [6.45, 7) is 0.730. The summed E-state index contributed by atoms with van der Waals surface area (Å²) < 4.78 is 78.2. The maximum Gasteiger partial charge on any atom is 0.417 e. The molecule has 8 nitrogen and oxygen atoms in total. The number of nitrogens with zero attached hydrogens (tertiary/aromatic N) is 2. The van der Waals surface area contributed by atoms with Gasteiger partial charge in [-0.2, -0.15) is 18.3 Å². The Balaban J connectivity index is 1.94. The molecule has 0 radical (unpaired) electrons. The number of sulfonamides is 1. The van der Waals surface area contributed by atoms with Crippen molar-refractivity contribution in [1.82, 2.24) is 5.43 Å². The van der Waals surface area contributed by atoms with Crippen molar-refractivity contribution < 1.29 is 35.9 Å². The normalized spacial score (nSPS) is 12.1. The second-order valence-corrected chi connectivity index (χ2v) is 10.1. The predicted molar refractivity (Wildman–Crippen MR) is 137 cm³/mol. The van der Waals surface area contributed by atoms with E-state index < -0.39 is 44.9 Å². The van der Waals surface area contributed by atoms with Gasteiger partial charge in [0.15, 0.2) is 11.5 Å². The molecule has 1 amide bonds. The average molecular weight is 570 g/mol. The minimum atomic E-state index is -4.85. The van der Waals surface area contributed by atoms with Gasteiger partial charge in [0.1, 0.15) is 6.54 Å². The lowest BCUT2D eigenvalue weighted by atomic mass is 10.1. The molecule has 0 bridgehead atoms.